The lowest BCUT2D eigenvalue weighted by Crippen LogP contribution is -2.40. The molecular weight excluding hydrogens is 293 g/mol. The normalized spacial score (nSPS) is 19.8. The maximum absolute atomic E-state index is 13.5. The average molecular weight is 314 g/mol. The monoisotopic (exact) mass is 313 g/mol. The molecule has 0 aromatic heterocycles. The van der Waals surface area contributed by atoms with Crippen molar-refractivity contribution in [3.05, 3.63) is 34.6 Å². The zero-order valence-electron chi connectivity index (χ0n) is 12.7. The van der Waals surface area contributed by atoms with Crippen LogP contribution in [-0.2, 0) is 16.1 Å². The maximum atomic E-state index is 13.5. The van der Waals surface area contributed by atoms with Gasteiger partial charge in [-0.25, -0.2) is 4.39 Å². The van der Waals surface area contributed by atoms with E-state index in [-0.39, 0.29) is 17.0 Å². The predicted molar refractivity (Wildman–Crippen MR) is 80.7 cm³/mol. The first-order chi connectivity index (χ1) is 9.78. The Balaban J connectivity index is 2.09. The van der Waals surface area contributed by atoms with E-state index in [1.165, 1.54) is 6.07 Å². The lowest BCUT2D eigenvalue weighted by Gasteiger charge is -2.27. The Morgan fingerprint density at radius 1 is 1.48 bits per heavy atom. The molecule has 0 radical (unpaired) electrons. The highest BCUT2D eigenvalue weighted by atomic mass is 35.5. The quantitative estimate of drug-likeness (QED) is 0.795. The Bertz CT molecular complexity index is 527. The van der Waals surface area contributed by atoms with Crippen molar-refractivity contribution in [2.75, 3.05) is 6.54 Å². The van der Waals surface area contributed by atoms with Crippen molar-refractivity contribution in [2.24, 2.45) is 0 Å². The van der Waals surface area contributed by atoms with Crippen molar-refractivity contribution in [3.63, 3.8) is 0 Å². The largest absolute Gasteiger partial charge is 0.459 e. The van der Waals surface area contributed by atoms with Crippen molar-refractivity contribution in [1.29, 1.82) is 0 Å². The minimum Gasteiger partial charge on any atom is -0.459 e. The highest BCUT2D eigenvalue weighted by Crippen LogP contribution is 2.26. The van der Waals surface area contributed by atoms with E-state index in [4.69, 9.17) is 16.3 Å². The minimum absolute atomic E-state index is 0.132. The average Bonchev–Trinajstić information content (AvgIpc) is 2.81. The lowest BCUT2D eigenvalue weighted by atomic mass is 10.1. The van der Waals surface area contributed by atoms with Gasteiger partial charge in [0.05, 0.1) is 5.02 Å². The zero-order chi connectivity index (χ0) is 15.6. The molecule has 0 saturated carbocycles. The van der Waals surface area contributed by atoms with Crippen molar-refractivity contribution < 1.29 is 13.9 Å². The second-order valence-electron chi connectivity index (χ2n) is 6.37. The smallest absolute Gasteiger partial charge is 0.323 e. The van der Waals surface area contributed by atoms with Crippen LogP contribution >= 0.6 is 11.6 Å². The van der Waals surface area contributed by atoms with E-state index >= 15 is 0 Å². The molecule has 116 valence electrons. The van der Waals surface area contributed by atoms with Gasteiger partial charge >= 0.3 is 5.97 Å². The van der Waals surface area contributed by atoms with Crippen LogP contribution in [-0.4, -0.2) is 29.1 Å². The molecular formula is C16H21ClFNO2. The van der Waals surface area contributed by atoms with Gasteiger partial charge in [-0.1, -0.05) is 23.7 Å². The number of hydrogen-bond acceptors (Lipinski definition) is 3. The molecule has 1 heterocycles. The molecule has 0 aliphatic carbocycles. The number of nitrogens with zero attached hydrogens (tertiary/aromatic N) is 1. The van der Waals surface area contributed by atoms with Gasteiger partial charge in [0.2, 0.25) is 0 Å². The first kappa shape index (κ1) is 16.2. The highest BCUT2D eigenvalue weighted by molar-refractivity contribution is 6.31. The number of carbonyl (C=O) groups is 1. The molecule has 0 amide bonds. The second kappa shape index (κ2) is 6.32. The number of carbonyl (C=O) groups excluding carboxylic acids is 1. The summed E-state index contributed by atoms with van der Waals surface area (Å²) in [5, 5.41) is 0.132. The Kier molecular flexibility index (Phi) is 4.89. The topological polar surface area (TPSA) is 29.5 Å². The molecule has 1 aromatic rings. The molecule has 1 aromatic carbocycles. The number of ether oxygens (including phenoxy) is 1. The molecule has 0 bridgehead atoms. The molecule has 1 atom stereocenters. The Labute approximate surface area is 130 Å². The van der Waals surface area contributed by atoms with Crippen molar-refractivity contribution in [1.82, 2.24) is 4.90 Å². The number of benzene rings is 1. The fourth-order valence-corrected chi connectivity index (χ4v) is 2.73. The van der Waals surface area contributed by atoms with Crippen molar-refractivity contribution in [3.8, 4) is 0 Å². The van der Waals surface area contributed by atoms with Gasteiger partial charge in [0.15, 0.2) is 0 Å². The number of rotatable bonds is 3. The molecule has 21 heavy (non-hydrogen) atoms. The van der Waals surface area contributed by atoms with Crippen LogP contribution in [0.25, 0.3) is 0 Å². The van der Waals surface area contributed by atoms with Gasteiger partial charge in [-0.05, 0) is 51.8 Å². The standard InChI is InChI=1S/C16H21ClFNO2/c1-16(2,3)21-15(20)13-8-5-9-19(13)10-11-6-4-7-12(18)14(11)17/h4,6-7,13H,5,8-10H2,1-3H3/t13-/m0/s1. The fraction of sp³-hybridized carbons (Fsp3) is 0.562. The van der Waals surface area contributed by atoms with Crippen LogP contribution in [0.2, 0.25) is 5.02 Å². The van der Waals surface area contributed by atoms with E-state index in [9.17, 15) is 9.18 Å². The Morgan fingerprint density at radius 3 is 2.86 bits per heavy atom. The van der Waals surface area contributed by atoms with E-state index < -0.39 is 11.4 Å². The van der Waals surface area contributed by atoms with Crippen LogP contribution in [0.1, 0.15) is 39.2 Å². The third-order valence-corrected chi connectivity index (χ3v) is 3.87. The summed E-state index contributed by atoms with van der Waals surface area (Å²) in [5.74, 6) is -0.644. The number of hydrogen-bond donors (Lipinski definition) is 0. The molecule has 1 aliphatic rings. The molecule has 5 heteroatoms. The lowest BCUT2D eigenvalue weighted by molar-refractivity contribution is -0.160. The van der Waals surface area contributed by atoms with Gasteiger partial charge in [-0.15, -0.1) is 0 Å². The summed E-state index contributed by atoms with van der Waals surface area (Å²) in [6.45, 7) is 6.81. The van der Waals surface area contributed by atoms with Crippen LogP contribution in [0.3, 0.4) is 0 Å². The van der Waals surface area contributed by atoms with E-state index in [1.807, 2.05) is 25.7 Å². The molecule has 0 spiro atoms. The second-order valence-corrected chi connectivity index (χ2v) is 6.75. The van der Waals surface area contributed by atoms with Crippen molar-refractivity contribution in [2.45, 2.75) is 51.8 Å². The van der Waals surface area contributed by atoms with E-state index in [0.717, 1.165) is 19.4 Å². The third-order valence-electron chi connectivity index (χ3n) is 3.45. The summed E-state index contributed by atoms with van der Waals surface area (Å²) in [5.41, 5.74) is 0.203. The zero-order valence-corrected chi connectivity index (χ0v) is 13.4. The van der Waals surface area contributed by atoms with Crippen LogP contribution < -0.4 is 0 Å². The van der Waals surface area contributed by atoms with Crippen LogP contribution in [0, 0.1) is 5.82 Å². The Hall–Kier alpha value is -1.13. The van der Waals surface area contributed by atoms with E-state index in [2.05, 4.69) is 0 Å². The minimum atomic E-state index is -0.498. The van der Waals surface area contributed by atoms with Gasteiger partial charge in [-0.2, -0.15) is 0 Å². The summed E-state index contributed by atoms with van der Waals surface area (Å²) in [6, 6.07) is 4.48. The molecule has 2 rings (SSSR count). The van der Waals surface area contributed by atoms with Crippen LogP contribution in [0.5, 0.6) is 0 Å². The van der Waals surface area contributed by atoms with Gasteiger partial charge in [0.25, 0.3) is 0 Å². The molecule has 1 aliphatic heterocycles. The van der Waals surface area contributed by atoms with Crippen molar-refractivity contribution >= 4 is 17.6 Å². The summed E-state index contributed by atoms with van der Waals surface area (Å²) in [6.07, 6.45) is 1.69. The highest BCUT2D eigenvalue weighted by Gasteiger charge is 2.34. The van der Waals surface area contributed by atoms with Gasteiger partial charge in [0, 0.05) is 6.54 Å². The van der Waals surface area contributed by atoms with Gasteiger partial charge in [0.1, 0.15) is 17.5 Å². The maximum Gasteiger partial charge on any atom is 0.323 e. The first-order valence-corrected chi connectivity index (χ1v) is 7.55. The first-order valence-electron chi connectivity index (χ1n) is 7.18. The SMILES string of the molecule is CC(C)(C)OC(=O)[C@@H]1CCCN1Cc1cccc(F)c1Cl. The van der Waals surface area contributed by atoms with Crippen LogP contribution in [0.15, 0.2) is 18.2 Å². The van der Waals surface area contributed by atoms with Gasteiger partial charge in [-0.3, -0.25) is 9.69 Å². The van der Waals surface area contributed by atoms with Gasteiger partial charge < -0.3 is 4.74 Å². The summed E-state index contributed by atoms with van der Waals surface area (Å²) in [7, 11) is 0. The number of likely N-dealkylation sites (tertiary alicyclic amines) is 1. The summed E-state index contributed by atoms with van der Waals surface area (Å²) < 4.78 is 18.9. The summed E-state index contributed by atoms with van der Waals surface area (Å²) >= 11 is 5.99. The Morgan fingerprint density at radius 2 is 2.19 bits per heavy atom. The number of esters is 1. The molecule has 0 N–H and O–H groups in total. The molecule has 1 saturated heterocycles. The number of halogens is 2. The molecule has 3 nitrogen and oxygen atoms in total. The molecule has 1 fully saturated rings. The van der Waals surface area contributed by atoms with Crippen LogP contribution in [0.4, 0.5) is 4.39 Å². The van der Waals surface area contributed by atoms with E-state index in [0.29, 0.717) is 12.1 Å². The summed E-state index contributed by atoms with van der Waals surface area (Å²) in [4.78, 5) is 14.3. The fourth-order valence-electron chi connectivity index (χ4n) is 2.54. The van der Waals surface area contributed by atoms with E-state index in [1.54, 1.807) is 12.1 Å². The molecule has 0 unspecified atom stereocenters. The predicted octanol–water partition coefficient (Wildman–Crippen LogP) is 3.79. The third kappa shape index (κ3) is 4.17.